The predicted octanol–water partition coefficient (Wildman–Crippen LogP) is 2.30. The number of urea groups is 1. The number of benzene rings is 1. The fourth-order valence-electron chi connectivity index (χ4n) is 2.07. The molecule has 0 aromatic heterocycles. The number of carbonyl (C=O) groups excluding carboxylic acids is 1. The largest absolute Gasteiger partial charge is 0.401 e. The minimum Gasteiger partial charge on any atom is -0.303 e. The molecular formula is C13H15F3N4O. The van der Waals surface area contributed by atoms with E-state index in [4.69, 9.17) is 0 Å². The Morgan fingerprint density at radius 2 is 1.95 bits per heavy atom. The first-order valence-electron chi connectivity index (χ1n) is 6.27. The number of para-hydroxylation sites is 1. The van der Waals surface area contributed by atoms with Crippen molar-refractivity contribution in [2.24, 2.45) is 4.99 Å². The standard InChI is InChI=1S/C13H15F3N4O/c1-8-4-3-5-9(2)10(8)20-7-18-11(19-12(20)21)17-6-13(14,15)16/h3-5,7,11,17H,6H2,1-2H3,(H,19,21). The second-order valence-corrected chi connectivity index (χ2v) is 4.72. The molecule has 8 heteroatoms. The molecular weight excluding hydrogens is 285 g/mol. The van der Waals surface area contributed by atoms with Crippen molar-refractivity contribution in [3.8, 4) is 0 Å². The maximum Gasteiger partial charge on any atom is 0.401 e. The molecule has 1 aromatic rings. The van der Waals surface area contributed by atoms with Crippen molar-refractivity contribution in [2.75, 3.05) is 11.4 Å². The lowest BCUT2D eigenvalue weighted by Gasteiger charge is -2.29. The van der Waals surface area contributed by atoms with Gasteiger partial charge in [0.15, 0.2) is 6.29 Å². The first-order chi connectivity index (χ1) is 9.78. The SMILES string of the molecule is Cc1cccc(C)c1N1C=NC(NCC(F)(F)F)NC1=O. The van der Waals surface area contributed by atoms with Gasteiger partial charge in [-0.25, -0.2) is 9.79 Å². The number of halogens is 3. The Balaban J connectivity index is 2.14. The van der Waals surface area contributed by atoms with Crippen LogP contribution in [-0.2, 0) is 0 Å². The van der Waals surface area contributed by atoms with Crippen LogP contribution in [0, 0.1) is 13.8 Å². The zero-order valence-electron chi connectivity index (χ0n) is 11.5. The normalized spacial score (nSPS) is 18.8. The van der Waals surface area contributed by atoms with Crippen LogP contribution in [0.25, 0.3) is 0 Å². The van der Waals surface area contributed by atoms with Gasteiger partial charge in [0, 0.05) is 0 Å². The van der Waals surface area contributed by atoms with Crippen molar-refractivity contribution >= 4 is 18.1 Å². The molecule has 1 atom stereocenters. The van der Waals surface area contributed by atoms with Crippen LogP contribution in [0.4, 0.5) is 23.7 Å². The van der Waals surface area contributed by atoms with Crippen LogP contribution in [0.15, 0.2) is 23.2 Å². The third-order valence-electron chi connectivity index (χ3n) is 2.99. The maximum absolute atomic E-state index is 12.1. The van der Waals surface area contributed by atoms with Gasteiger partial charge in [0.2, 0.25) is 0 Å². The van der Waals surface area contributed by atoms with Crippen LogP contribution in [-0.4, -0.2) is 31.4 Å². The first kappa shape index (κ1) is 15.3. The van der Waals surface area contributed by atoms with Gasteiger partial charge in [-0.15, -0.1) is 0 Å². The van der Waals surface area contributed by atoms with Crippen molar-refractivity contribution in [3.63, 3.8) is 0 Å². The summed E-state index contributed by atoms with van der Waals surface area (Å²) in [5, 5.41) is 4.48. The quantitative estimate of drug-likeness (QED) is 0.900. The number of anilines is 1. The second-order valence-electron chi connectivity index (χ2n) is 4.72. The Bertz CT molecular complexity index is 551. The molecule has 2 amide bonds. The number of alkyl halides is 3. The third-order valence-corrected chi connectivity index (χ3v) is 2.99. The van der Waals surface area contributed by atoms with E-state index in [0.29, 0.717) is 5.69 Å². The van der Waals surface area contributed by atoms with Crippen LogP contribution in [0.2, 0.25) is 0 Å². The number of aliphatic imine (C=N–C) groups is 1. The molecule has 0 bridgehead atoms. The number of nitrogens with zero attached hydrogens (tertiary/aromatic N) is 2. The van der Waals surface area contributed by atoms with Gasteiger partial charge >= 0.3 is 12.2 Å². The van der Waals surface area contributed by atoms with Crippen molar-refractivity contribution < 1.29 is 18.0 Å². The number of hydrogen-bond donors (Lipinski definition) is 2. The highest BCUT2D eigenvalue weighted by molar-refractivity contribution is 6.09. The predicted molar refractivity (Wildman–Crippen MR) is 73.3 cm³/mol. The molecule has 0 radical (unpaired) electrons. The Morgan fingerprint density at radius 1 is 1.33 bits per heavy atom. The van der Waals surface area contributed by atoms with Crippen molar-refractivity contribution in [2.45, 2.75) is 26.3 Å². The smallest absolute Gasteiger partial charge is 0.303 e. The van der Waals surface area contributed by atoms with E-state index >= 15 is 0 Å². The maximum atomic E-state index is 12.1. The van der Waals surface area contributed by atoms with Gasteiger partial charge in [-0.1, -0.05) is 18.2 Å². The van der Waals surface area contributed by atoms with Gasteiger partial charge in [-0.2, -0.15) is 13.2 Å². The van der Waals surface area contributed by atoms with E-state index in [1.54, 1.807) is 0 Å². The highest BCUT2D eigenvalue weighted by Gasteiger charge is 2.30. The molecule has 0 aliphatic carbocycles. The van der Waals surface area contributed by atoms with E-state index < -0.39 is 25.0 Å². The number of amides is 2. The monoisotopic (exact) mass is 300 g/mol. The zero-order valence-corrected chi connectivity index (χ0v) is 11.5. The lowest BCUT2D eigenvalue weighted by molar-refractivity contribution is -0.126. The van der Waals surface area contributed by atoms with Crippen molar-refractivity contribution in [3.05, 3.63) is 29.3 Å². The molecule has 114 valence electrons. The van der Waals surface area contributed by atoms with Gasteiger partial charge < -0.3 is 5.32 Å². The third kappa shape index (κ3) is 3.72. The van der Waals surface area contributed by atoms with E-state index in [2.05, 4.69) is 15.6 Å². The first-order valence-corrected chi connectivity index (χ1v) is 6.27. The Labute approximate surface area is 119 Å². The summed E-state index contributed by atoms with van der Waals surface area (Å²) in [7, 11) is 0. The lowest BCUT2D eigenvalue weighted by Crippen LogP contribution is -2.55. The van der Waals surface area contributed by atoms with E-state index in [1.807, 2.05) is 32.0 Å². The van der Waals surface area contributed by atoms with Crippen LogP contribution < -0.4 is 15.5 Å². The molecule has 2 N–H and O–H groups in total. The number of carbonyl (C=O) groups is 1. The molecule has 1 aliphatic rings. The lowest BCUT2D eigenvalue weighted by atomic mass is 10.1. The molecule has 0 saturated carbocycles. The van der Waals surface area contributed by atoms with Crippen molar-refractivity contribution in [1.29, 1.82) is 0 Å². The number of aryl methyl sites for hydroxylation is 2. The molecule has 2 rings (SSSR count). The van der Waals surface area contributed by atoms with Crippen LogP contribution in [0.5, 0.6) is 0 Å². The van der Waals surface area contributed by atoms with Crippen molar-refractivity contribution in [1.82, 2.24) is 10.6 Å². The van der Waals surface area contributed by atoms with E-state index in [-0.39, 0.29) is 0 Å². The number of hydrogen-bond acceptors (Lipinski definition) is 3. The molecule has 1 aliphatic heterocycles. The highest BCUT2D eigenvalue weighted by atomic mass is 19.4. The average Bonchev–Trinajstić information content (AvgIpc) is 2.37. The summed E-state index contributed by atoms with van der Waals surface area (Å²) in [4.78, 5) is 17.2. The van der Waals surface area contributed by atoms with Crippen LogP contribution in [0.3, 0.4) is 0 Å². The van der Waals surface area contributed by atoms with E-state index in [9.17, 15) is 18.0 Å². The van der Waals surface area contributed by atoms with Gasteiger partial charge in [0.1, 0.15) is 6.34 Å². The van der Waals surface area contributed by atoms with E-state index in [1.165, 1.54) is 11.2 Å². The minimum absolute atomic E-state index is 0.526. The molecule has 5 nitrogen and oxygen atoms in total. The number of nitrogens with one attached hydrogen (secondary N) is 2. The van der Waals surface area contributed by atoms with Gasteiger partial charge in [-0.3, -0.25) is 10.2 Å². The topological polar surface area (TPSA) is 56.7 Å². The van der Waals surface area contributed by atoms with Gasteiger partial charge in [0.05, 0.1) is 12.2 Å². The molecule has 1 heterocycles. The Hall–Kier alpha value is -2.09. The molecule has 1 aromatic carbocycles. The summed E-state index contributed by atoms with van der Waals surface area (Å²) >= 11 is 0. The van der Waals surface area contributed by atoms with Crippen LogP contribution >= 0.6 is 0 Å². The fraction of sp³-hybridized carbons (Fsp3) is 0.385. The summed E-state index contributed by atoms with van der Waals surface area (Å²) < 4.78 is 36.4. The fourth-order valence-corrected chi connectivity index (χ4v) is 2.07. The summed E-state index contributed by atoms with van der Waals surface area (Å²) in [6, 6.07) is 5.03. The van der Waals surface area contributed by atoms with Crippen LogP contribution in [0.1, 0.15) is 11.1 Å². The Kier molecular flexibility index (Phi) is 4.17. The summed E-state index contributed by atoms with van der Waals surface area (Å²) in [5.74, 6) is 0. The summed E-state index contributed by atoms with van der Waals surface area (Å²) in [6.45, 7) is 2.47. The van der Waals surface area contributed by atoms with Gasteiger partial charge in [0.25, 0.3) is 0 Å². The number of rotatable bonds is 3. The molecule has 0 spiro atoms. The highest BCUT2D eigenvalue weighted by Crippen LogP contribution is 2.24. The van der Waals surface area contributed by atoms with Gasteiger partial charge in [-0.05, 0) is 25.0 Å². The minimum atomic E-state index is -4.36. The molecule has 0 fully saturated rings. The Morgan fingerprint density at radius 3 is 2.48 bits per heavy atom. The average molecular weight is 300 g/mol. The summed E-state index contributed by atoms with van der Waals surface area (Å²) in [6.07, 6.45) is -4.20. The molecule has 21 heavy (non-hydrogen) atoms. The zero-order chi connectivity index (χ0) is 15.6. The summed E-state index contributed by atoms with van der Waals surface area (Å²) in [5.41, 5.74) is 2.42. The molecule has 0 saturated heterocycles. The van der Waals surface area contributed by atoms with E-state index in [0.717, 1.165) is 11.1 Å². The molecule has 1 unspecified atom stereocenters. The second kappa shape index (κ2) is 5.72.